The van der Waals surface area contributed by atoms with Gasteiger partial charge in [0.05, 0.1) is 0 Å². The van der Waals surface area contributed by atoms with Crippen molar-refractivity contribution in [1.82, 2.24) is 0 Å². The Morgan fingerprint density at radius 1 is 0.647 bits per heavy atom. The Labute approximate surface area is 125 Å². The van der Waals surface area contributed by atoms with Crippen LogP contribution in [0.5, 0.6) is 0 Å². The van der Waals surface area contributed by atoms with E-state index in [4.69, 9.17) is 0 Å². The topological polar surface area (TPSA) is 0 Å². The molecule has 1 unspecified atom stereocenters. The van der Waals surface area contributed by atoms with E-state index in [0.29, 0.717) is 15.5 Å². The molecule has 0 aliphatic carbocycles. The maximum Gasteiger partial charge on any atom is -0.00890 e. The molecular formula is C14H31IP2. The summed E-state index contributed by atoms with van der Waals surface area (Å²) >= 11 is 2.71. The summed E-state index contributed by atoms with van der Waals surface area (Å²) < 4.78 is 0. The molecule has 0 amide bonds. The van der Waals surface area contributed by atoms with Crippen molar-refractivity contribution in [1.29, 1.82) is 0 Å². The highest BCUT2D eigenvalue weighted by molar-refractivity contribution is 14.2. The van der Waals surface area contributed by atoms with Crippen molar-refractivity contribution in [3.63, 3.8) is 0 Å². The Hall–Kier alpha value is 1.59. The van der Waals surface area contributed by atoms with Crippen LogP contribution in [-0.2, 0) is 0 Å². The fourth-order valence-electron chi connectivity index (χ4n) is 2.20. The van der Waals surface area contributed by atoms with Gasteiger partial charge in [-0.15, -0.1) is 0 Å². The van der Waals surface area contributed by atoms with E-state index in [1.54, 1.807) is 0 Å². The van der Waals surface area contributed by atoms with Gasteiger partial charge in [0, 0.05) is 0 Å². The van der Waals surface area contributed by atoms with E-state index < -0.39 is 0 Å². The van der Waals surface area contributed by atoms with E-state index in [1.807, 2.05) is 0 Å². The average molecular weight is 388 g/mol. The lowest BCUT2D eigenvalue weighted by atomic mass is 10.2. The Morgan fingerprint density at radius 3 is 1.24 bits per heavy atom. The van der Waals surface area contributed by atoms with Crippen LogP contribution in [0.25, 0.3) is 0 Å². The second-order valence-electron chi connectivity index (χ2n) is 7.75. The van der Waals surface area contributed by atoms with Crippen LogP contribution in [0.2, 0.25) is 0 Å². The zero-order valence-electron chi connectivity index (χ0n) is 13.2. The molecule has 0 aromatic carbocycles. The maximum absolute atomic E-state index is 2.71. The van der Waals surface area contributed by atoms with Crippen molar-refractivity contribution in [3.8, 4) is 0 Å². The lowest BCUT2D eigenvalue weighted by molar-refractivity contribution is 0.705. The van der Waals surface area contributed by atoms with Crippen LogP contribution in [0.1, 0.15) is 62.3 Å². The maximum atomic E-state index is 2.71. The van der Waals surface area contributed by atoms with E-state index in [1.165, 1.54) is 12.3 Å². The van der Waals surface area contributed by atoms with Crippen LogP contribution >= 0.6 is 35.5 Å². The van der Waals surface area contributed by atoms with Gasteiger partial charge >= 0.3 is 0 Å². The molecule has 0 aliphatic rings. The largest absolute Gasteiger partial charge is 0.0953 e. The first-order valence-electron chi connectivity index (χ1n) is 6.47. The van der Waals surface area contributed by atoms with Crippen molar-refractivity contribution >= 4 is 35.5 Å². The number of halogens is 1. The fourth-order valence-corrected chi connectivity index (χ4v) is 9.67. The summed E-state index contributed by atoms with van der Waals surface area (Å²) in [5.41, 5.74) is 0.138. The standard InChI is InChI=1S/C14H31IP2/c1-12(2,3)16(13(4,5)6)10-11-17(15)14(7,8)9/h10-11H2,1-9H3. The molecule has 0 nitrogen and oxygen atoms in total. The highest BCUT2D eigenvalue weighted by Gasteiger charge is 2.34. The second-order valence-corrected chi connectivity index (χ2v) is 17.7. The van der Waals surface area contributed by atoms with Crippen LogP contribution in [-0.4, -0.2) is 27.8 Å². The first kappa shape index (κ1) is 18.6. The predicted molar refractivity (Wildman–Crippen MR) is 96.9 cm³/mol. The Bertz CT molecular complexity index is 216. The summed E-state index contributed by atoms with van der Waals surface area (Å²) in [5, 5.41) is 1.48. The van der Waals surface area contributed by atoms with Gasteiger partial charge in [0.1, 0.15) is 0 Å². The molecule has 0 rings (SSSR count). The van der Waals surface area contributed by atoms with E-state index in [-0.39, 0.29) is 13.5 Å². The third-order valence-electron chi connectivity index (χ3n) is 2.87. The summed E-state index contributed by atoms with van der Waals surface area (Å²) in [4.78, 5) is 0. The molecular weight excluding hydrogens is 357 g/mol. The first-order valence-corrected chi connectivity index (χ1v) is 12.3. The second kappa shape index (κ2) is 6.36. The smallest absolute Gasteiger partial charge is 0.00890 e. The Balaban J connectivity index is 4.61. The van der Waals surface area contributed by atoms with Crippen molar-refractivity contribution < 1.29 is 0 Å². The number of hydrogen-bond acceptors (Lipinski definition) is 0. The number of hydrogen-bond donors (Lipinski definition) is 0. The van der Waals surface area contributed by atoms with Crippen LogP contribution in [0, 0.1) is 0 Å². The number of rotatable bonds is 3. The van der Waals surface area contributed by atoms with Crippen LogP contribution in [0.15, 0.2) is 0 Å². The molecule has 0 aromatic heterocycles. The summed E-state index contributed by atoms with van der Waals surface area (Å²) in [6.45, 7) is 21.7. The van der Waals surface area contributed by atoms with Gasteiger partial charge in [-0.25, -0.2) is 0 Å². The van der Waals surface area contributed by atoms with Crippen molar-refractivity contribution in [2.24, 2.45) is 0 Å². The minimum absolute atomic E-state index is 0.0890. The zero-order chi connectivity index (χ0) is 14.1. The fraction of sp³-hybridized carbons (Fsp3) is 1.00. The molecule has 0 N–H and O–H groups in total. The first-order chi connectivity index (χ1) is 7.26. The van der Waals surface area contributed by atoms with E-state index in [9.17, 15) is 0 Å². The Kier molecular flexibility index (Phi) is 6.95. The highest BCUT2D eigenvalue weighted by Crippen LogP contribution is 2.63. The van der Waals surface area contributed by atoms with E-state index in [2.05, 4.69) is 84.4 Å². The van der Waals surface area contributed by atoms with Crippen LogP contribution < -0.4 is 0 Å². The molecule has 3 heteroatoms. The summed E-state index contributed by atoms with van der Waals surface area (Å²) in [6, 6.07) is 0. The van der Waals surface area contributed by atoms with Gasteiger partial charge < -0.3 is 0 Å². The zero-order valence-corrected chi connectivity index (χ0v) is 17.1. The molecule has 0 saturated carbocycles. The molecule has 104 valence electrons. The van der Waals surface area contributed by atoms with Crippen molar-refractivity contribution in [2.45, 2.75) is 77.8 Å². The molecule has 17 heavy (non-hydrogen) atoms. The van der Waals surface area contributed by atoms with Gasteiger partial charge in [0.25, 0.3) is 0 Å². The van der Waals surface area contributed by atoms with Gasteiger partial charge in [-0.05, 0) is 33.4 Å². The molecule has 0 spiro atoms. The molecule has 0 radical (unpaired) electrons. The molecule has 0 saturated heterocycles. The Morgan fingerprint density at radius 2 is 1.00 bits per heavy atom. The van der Waals surface area contributed by atoms with E-state index in [0.717, 1.165) is 0 Å². The minimum atomic E-state index is 0.0890. The van der Waals surface area contributed by atoms with Crippen molar-refractivity contribution in [3.05, 3.63) is 0 Å². The lowest BCUT2D eigenvalue weighted by Gasteiger charge is -2.42. The molecule has 0 heterocycles. The predicted octanol–water partition coefficient (Wildman–Crippen LogP) is 6.70. The monoisotopic (exact) mass is 388 g/mol. The van der Waals surface area contributed by atoms with Gasteiger partial charge in [-0.3, -0.25) is 0 Å². The van der Waals surface area contributed by atoms with Crippen molar-refractivity contribution in [2.75, 3.05) is 12.3 Å². The molecule has 0 aromatic rings. The SMILES string of the molecule is CC(C)(C)P(I)CCP(C(C)(C)C)C(C)(C)C. The molecule has 0 aliphatic heterocycles. The van der Waals surface area contributed by atoms with Crippen LogP contribution in [0.4, 0.5) is 0 Å². The highest BCUT2D eigenvalue weighted by atomic mass is 127. The van der Waals surface area contributed by atoms with E-state index >= 15 is 0 Å². The normalized spacial score (nSPS) is 16.4. The lowest BCUT2D eigenvalue weighted by Crippen LogP contribution is -2.27. The quantitative estimate of drug-likeness (QED) is 0.373. The molecule has 0 bridgehead atoms. The van der Waals surface area contributed by atoms with Gasteiger partial charge in [-0.2, -0.15) is 0 Å². The summed E-state index contributed by atoms with van der Waals surface area (Å²) in [5.74, 6) is 0. The third-order valence-corrected chi connectivity index (χ3v) is 15.0. The molecule has 0 fully saturated rings. The third kappa shape index (κ3) is 7.07. The van der Waals surface area contributed by atoms with Gasteiger partial charge in [-0.1, -0.05) is 92.3 Å². The summed E-state index contributed by atoms with van der Waals surface area (Å²) in [6.07, 6.45) is 2.87. The summed E-state index contributed by atoms with van der Waals surface area (Å²) in [7, 11) is 0.0890. The van der Waals surface area contributed by atoms with Crippen LogP contribution in [0.3, 0.4) is 0 Å². The minimum Gasteiger partial charge on any atom is -0.0953 e. The molecule has 1 atom stereocenters. The van der Waals surface area contributed by atoms with Gasteiger partial charge in [0.2, 0.25) is 0 Å². The average Bonchev–Trinajstić information content (AvgIpc) is 1.96. The van der Waals surface area contributed by atoms with Gasteiger partial charge in [0.15, 0.2) is 0 Å².